The van der Waals surface area contributed by atoms with Crippen LogP contribution in [0, 0.1) is 0 Å². The summed E-state index contributed by atoms with van der Waals surface area (Å²) in [6, 6.07) is 14.6. The van der Waals surface area contributed by atoms with Gasteiger partial charge in [-0.2, -0.15) is 0 Å². The molecule has 0 aliphatic heterocycles. The number of halogens is 1. The summed E-state index contributed by atoms with van der Waals surface area (Å²) < 4.78 is 0.613. The van der Waals surface area contributed by atoms with Crippen LogP contribution in [0.25, 0.3) is 0 Å². The van der Waals surface area contributed by atoms with Crippen LogP contribution < -0.4 is 16.2 Å². The maximum absolute atomic E-state index is 12.0. The third-order valence-electron chi connectivity index (χ3n) is 3.19. The van der Waals surface area contributed by atoms with Crippen molar-refractivity contribution in [2.45, 2.75) is 13.0 Å². The van der Waals surface area contributed by atoms with Gasteiger partial charge in [-0.3, -0.25) is 25.2 Å². The van der Waals surface area contributed by atoms with Crippen molar-refractivity contribution in [1.82, 2.24) is 16.2 Å². The van der Waals surface area contributed by atoms with Gasteiger partial charge in [-0.15, -0.1) is 0 Å². The molecule has 2 aromatic carbocycles. The zero-order valence-electron chi connectivity index (χ0n) is 12.9. The Labute approximate surface area is 147 Å². The average Bonchev–Trinajstić information content (AvgIpc) is 2.60. The maximum atomic E-state index is 12.0. The van der Waals surface area contributed by atoms with Crippen LogP contribution in [-0.2, 0) is 4.79 Å². The molecule has 1 atom stereocenters. The molecule has 124 valence electrons. The number of hydrazine groups is 1. The number of amides is 3. The van der Waals surface area contributed by atoms with Crippen LogP contribution in [0.3, 0.4) is 0 Å². The number of hydrogen-bond acceptors (Lipinski definition) is 3. The van der Waals surface area contributed by atoms with Crippen molar-refractivity contribution < 1.29 is 14.4 Å². The van der Waals surface area contributed by atoms with Gasteiger partial charge >= 0.3 is 0 Å². The summed E-state index contributed by atoms with van der Waals surface area (Å²) in [4.78, 5) is 36.0. The number of benzene rings is 2. The molecule has 6 nitrogen and oxygen atoms in total. The molecule has 3 amide bonds. The first-order valence-corrected chi connectivity index (χ1v) is 7.99. The first-order chi connectivity index (χ1) is 11.5. The molecule has 0 heterocycles. The second-order valence-corrected chi connectivity index (χ2v) is 5.84. The van der Waals surface area contributed by atoms with E-state index in [4.69, 9.17) is 0 Å². The molecule has 2 aromatic rings. The van der Waals surface area contributed by atoms with Gasteiger partial charge in [-0.25, -0.2) is 0 Å². The van der Waals surface area contributed by atoms with E-state index < -0.39 is 17.9 Å². The highest BCUT2D eigenvalue weighted by atomic mass is 79.9. The lowest BCUT2D eigenvalue weighted by molar-refractivity contribution is -0.123. The Morgan fingerprint density at radius 3 is 2.17 bits per heavy atom. The molecule has 3 N–H and O–H groups in total. The molecule has 2 rings (SSSR count). The van der Waals surface area contributed by atoms with Gasteiger partial charge in [0.05, 0.1) is 5.56 Å². The smallest absolute Gasteiger partial charge is 0.270 e. The minimum absolute atomic E-state index is 0.365. The van der Waals surface area contributed by atoms with Crippen molar-refractivity contribution in [3.63, 3.8) is 0 Å². The summed E-state index contributed by atoms with van der Waals surface area (Å²) in [6.45, 7) is 1.53. The van der Waals surface area contributed by atoms with E-state index in [1.54, 1.807) is 54.6 Å². The Balaban J connectivity index is 1.87. The van der Waals surface area contributed by atoms with E-state index in [2.05, 4.69) is 32.1 Å². The minimum Gasteiger partial charge on any atom is -0.340 e. The SMILES string of the molecule is C[C@@H](NC(=O)c1ccccc1)C(=O)NNC(=O)c1ccccc1Br. The van der Waals surface area contributed by atoms with Crippen LogP contribution in [0.1, 0.15) is 27.6 Å². The second-order valence-electron chi connectivity index (χ2n) is 4.98. The van der Waals surface area contributed by atoms with Crippen LogP contribution in [-0.4, -0.2) is 23.8 Å². The molecule has 0 saturated heterocycles. The Bertz CT molecular complexity index is 750. The summed E-state index contributed by atoms with van der Waals surface area (Å²) in [5.74, 6) is -1.35. The van der Waals surface area contributed by atoms with E-state index in [0.717, 1.165) is 0 Å². The van der Waals surface area contributed by atoms with Crippen molar-refractivity contribution in [2.24, 2.45) is 0 Å². The molecule has 0 unspecified atom stereocenters. The normalized spacial score (nSPS) is 11.2. The van der Waals surface area contributed by atoms with Crippen molar-refractivity contribution in [3.8, 4) is 0 Å². The molecule has 0 spiro atoms. The minimum atomic E-state index is -0.808. The fourth-order valence-electron chi connectivity index (χ4n) is 1.87. The monoisotopic (exact) mass is 389 g/mol. The third-order valence-corrected chi connectivity index (χ3v) is 3.89. The molecular formula is C17H16BrN3O3. The Morgan fingerprint density at radius 1 is 0.875 bits per heavy atom. The molecule has 24 heavy (non-hydrogen) atoms. The lowest BCUT2D eigenvalue weighted by Gasteiger charge is -2.15. The van der Waals surface area contributed by atoms with Crippen molar-refractivity contribution in [1.29, 1.82) is 0 Å². The van der Waals surface area contributed by atoms with Crippen molar-refractivity contribution in [2.75, 3.05) is 0 Å². The molecule has 0 aromatic heterocycles. The number of carbonyl (C=O) groups excluding carboxylic acids is 3. The zero-order valence-corrected chi connectivity index (χ0v) is 14.5. The predicted octanol–water partition coefficient (Wildman–Crippen LogP) is 2.03. The predicted molar refractivity (Wildman–Crippen MR) is 93.1 cm³/mol. The van der Waals surface area contributed by atoms with Crippen molar-refractivity contribution >= 4 is 33.7 Å². The van der Waals surface area contributed by atoms with Crippen LogP contribution in [0.5, 0.6) is 0 Å². The number of hydrogen-bond donors (Lipinski definition) is 3. The van der Waals surface area contributed by atoms with Crippen LogP contribution in [0.15, 0.2) is 59.1 Å². The first-order valence-electron chi connectivity index (χ1n) is 7.19. The average molecular weight is 390 g/mol. The molecule has 0 aliphatic carbocycles. The molecule has 0 bridgehead atoms. The summed E-state index contributed by atoms with van der Waals surface area (Å²) in [6.07, 6.45) is 0. The van der Waals surface area contributed by atoms with E-state index in [0.29, 0.717) is 15.6 Å². The lowest BCUT2D eigenvalue weighted by atomic mass is 10.2. The number of rotatable bonds is 4. The maximum Gasteiger partial charge on any atom is 0.270 e. The third kappa shape index (κ3) is 4.66. The molecule has 0 aliphatic rings. The van der Waals surface area contributed by atoms with Crippen LogP contribution in [0.4, 0.5) is 0 Å². The summed E-state index contributed by atoms with van der Waals surface area (Å²) in [5, 5.41) is 2.56. The fraction of sp³-hybridized carbons (Fsp3) is 0.118. The molecule has 7 heteroatoms. The van der Waals surface area contributed by atoms with Gasteiger partial charge in [-0.05, 0) is 47.1 Å². The quantitative estimate of drug-likeness (QED) is 0.699. The van der Waals surface area contributed by atoms with Gasteiger partial charge in [0.25, 0.3) is 17.7 Å². The number of carbonyl (C=O) groups is 3. The Morgan fingerprint density at radius 2 is 1.50 bits per heavy atom. The molecule has 0 saturated carbocycles. The van der Waals surface area contributed by atoms with Crippen LogP contribution >= 0.6 is 15.9 Å². The fourth-order valence-corrected chi connectivity index (χ4v) is 2.34. The molecule has 0 radical (unpaired) electrons. The standard InChI is InChI=1S/C17H16BrN3O3/c1-11(19-16(23)12-7-3-2-4-8-12)15(22)20-21-17(24)13-9-5-6-10-14(13)18/h2-11H,1H3,(H,19,23)(H,20,22)(H,21,24)/t11-/m1/s1. The first kappa shape index (κ1) is 17.7. The Kier molecular flexibility index (Phi) is 6.08. The van der Waals surface area contributed by atoms with E-state index in [1.165, 1.54) is 6.92 Å². The largest absolute Gasteiger partial charge is 0.340 e. The van der Waals surface area contributed by atoms with E-state index in [1.807, 2.05) is 0 Å². The van der Waals surface area contributed by atoms with Gasteiger partial charge < -0.3 is 5.32 Å². The summed E-state index contributed by atoms with van der Waals surface area (Å²) >= 11 is 3.26. The summed E-state index contributed by atoms with van der Waals surface area (Å²) in [5.41, 5.74) is 5.45. The van der Waals surface area contributed by atoms with Crippen molar-refractivity contribution in [3.05, 3.63) is 70.2 Å². The zero-order chi connectivity index (χ0) is 17.5. The van der Waals surface area contributed by atoms with E-state index in [-0.39, 0.29) is 5.91 Å². The second kappa shape index (κ2) is 8.26. The summed E-state index contributed by atoms with van der Waals surface area (Å²) in [7, 11) is 0. The molecular weight excluding hydrogens is 374 g/mol. The number of nitrogens with one attached hydrogen (secondary N) is 3. The van der Waals surface area contributed by atoms with E-state index >= 15 is 0 Å². The van der Waals surface area contributed by atoms with Gasteiger partial charge in [0.2, 0.25) is 0 Å². The Hall–Kier alpha value is -2.67. The van der Waals surface area contributed by atoms with E-state index in [9.17, 15) is 14.4 Å². The highest BCUT2D eigenvalue weighted by Crippen LogP contribution is 2.15. The van der Waals surface area contributed by atoms with Gasteiger partial charge in [-0.1, -0.05) is 30.3 Å². The lowest BCUT2D eigenvalue weighted by Crippen LogP contribution is -2.51. The van der Waals surface area contributed by atoms with Crippen LogP contribution in [0.2, 0.25) is 0 Å². The van der Waals surface area contributed by atoms with Gasteiger partial charge in [0.15, 0.2) is 0 Å². The topological polar surface area (TPSA) is 87.3 Å². The van der Waals surface area contributed by atoms with Gasteiger partial charge in [0, 0.05) is 10.0 Å². The highest BCUT2D eigenvalue weighted by molar-refractivity contribution is 9.10. The van der Waals surface area contributed by atoms with Gasteiger partial charge in [0.1, 0.15) is 6.04 Å². The molecule has 0 fully saturated rings. The highest BCUT2D eigenvalue weighted by Gasteiger charge is 2.17.